The Hall–Kier alpha value is -2.43. The third-order valence-corrected chi connectivity index (χ3v) is 4.39. The number of aromatic nitrogens is 1. The van der Waals surface area contributed by atoms with E-state index in [1.807, 2.05) is 36.4 Å². The van der Waals surface area contributed by atoms with Gasteiger partial charge in [0.2, 0.25) is 0 Å². The van der Waals surface area contributed by atoms with Crippen LogP contribution in [0.15, 0.2) is 66.0 Å². The normalized spacial score (nSPS) is 12.9. The van der Waals surface area contributed by atoms with E-state index in [9.17, 15) is 10.2 Å². The highest BCUT2D eigenvalue weighted by Crippen LogP contribution is 2.24. The lowest BCUT2D eigenvalue weighted by molar-refractivity contribution is 0.170. The van der Waals surface area contributed by atoms with E-state index in [4.69, 9.17) is 9.84 Å². The zero-order valence-corrected chi connectivity index (χ0v) is 16.5. The molecule has 5 nitrogen and oxygen atoms in total. The van der Waals surface area contributed by atoms with Crippen molar-refractivity contribution in [3.8, 4) is 5.75 Å². The molecule has 0 saturated heterocycles. The maximum atomic E-state index is 10.4. The van der Waals surface area contributed by atoms with Gasteiger partial charge < -0.3 is 20.1 Å². The van der Waals surface area contributed by atoms with Crippen molar-refractivity contribution in [1.29, 1.82) is 0 Å². The first-order chi connectivity index (χ1) is 13.5. The molecule has 2 rings (SSSR count). The second-order valence-electron chi connectivity index (χ2n) is 6.90. The van der Waals surface area contributed by atoms with Crippen molar-refractivity contribution >= 4 is 0 Å². The largest absolute Gasteiger partial charge is 0.491 e. The van der Waals surface area contributed by atoms with E-state index in [-0.39, 0.29) is 19.1 Å². The van der Waals surface area contributed by atoms with E-state index < -0.39 is 12.2 Å². The van der Waals surface area contributed by atoms with Gasteiger partial charge in [-0.3, -0.25) is 4.98 Å². The fourth-order valence-electron chi connectivity index (χ4n) is 2.73. The van der Waals surface area contributed by atoms with Crippen LogP contribution < -0.4 is 4.74 Å². The number of hydrogen-bond acceptors (Lipinski definition) is 5. The lowest BCUT2D eigenvalue weighted by Gasteiger charge is -2.14. The molecule has 0 fully saturated rings. The van der Waals surface area contributed by atoms with Crippen LogP contribution in [0.1, 0.15) is 50.2 Å². The van der Waals surface area contributed by atoms with Gasteiger partial charge in [-0.2, -0.15) is 0 Å². The van der Waals surface area contributed by atoms with Gasteiger partial charge in [-0.15, -0.1) is 5.73 Å². The Morgan fingerprint density at radius 2 is 1.86 bits per heavy atom. The van der Waals surface area contributed by atoms with Gasteiger partial charge in [-0.05, 0) is 47.4 Å². The number of aliphatic hydroxyl groups is 3. The van der Waals surface area contributed by atoms with Crippen molar-refractivity contribution in [2.75, 3.05) is 13.2 Å². The molecule has 0 aliphatic carbocycles. The number of ether oxygens (including phenoxy) is 1. The minimum atomic E-state index is -0.670. The highest BCUT2D eigenvalue weighted by atomic mass is 16.5. The van der Waals surface area contributed by atoms with Crippen LogP contribution in [-0.4, -0.2) is 33.5 Å². The second-order valence-corrected chi connectivity index (χ2v) is 6.90. The summed E-state index contributed by atoms with van der Waals surface area (Å²) in [6.07, 6.45) is 3.06. The van der Waals surface area contributed by atoms with E-state index in [1.165, 1.54) is 0 Å². The van der Waals surface area contributed by atoms with Crippen molar-refractivity contribution in [2.24, 2.45) is 5.92 Å². The molecule has 150 valence electrons. The Labute approximate surface area is 166 Å². The summed E-state index contributed by atoms with van der Waals surface area (Å²) in [5.74, 6) is 0.890. The quantitative estimate of drug-likeness (QED) is 0.545. The zero-order chi connectivity index (χ0) is 20.4. The van der Waals surface area contributed by atoms with Gasteiger partial charge in [0.05, 0.1) is 18.4 Å². The van der Waals surface area contributed by atoms with Crippen LogP contribution >= 0.6 is 0 Å². The third kappa shape index (κ3) is 6.95. The van der Waals surface area contributed by atoms with Crippen molar-refractivity contribution in [3.05, 3.63) is 77.3 Å². The van der Waals surface area contributed by atoms with E-state index in [0.717, 1.165) is 11.1 Å². The number of pyridine rings is 1. The number of nitrogens with zero attached hydrogens (tertiary/aromatic N) is 1. The van der Waals surface area contributed by atoms with Crippen LogP contribution in [0.3, 0.4) is 0 Å². The topological polar surface area (TPSA) is 82.8 Å². The molecule has 0 aliphatic rings. The van der Waals surface area contributed by atoms with Gasteiger partial charge >= 0.3 is 0 Å². The van der Waals surface area contributed by atoms with Crippen LogP contribution in [0.5, 0.6) is 5.75 Å². The Morgan fingerprint density at radius 1 is 1.11 bits per heavy atom. The average Bonchev–Trinajstić information content (AvgIpc) is 2.72. The molecule has 0 amide bonds. The lowest BCUT2D eigenvalue weighted by Crippen LogP contribution is -2.04. The molecule has 5 heteroatoms. The predicted molar refractivity (Wildman–Crippen MR) is 109 cm³/mol. The maximum Gasteiger partial charge on any atom is 0.119 e. The molecule has 28 heavy (non-hydrogen) atoms. The van der Waals surface area contributed by atoms with Gasteiger partial charge in [0.15, 0.2) is 0 Å². The predicted octanol–water partition coefficient (Wildman–Crippen LogP) is 3.74. The van der Waals surface area contributed by atoms with Gasteiger partial charge in [0.25, 0.3) is 0 Å². The Morgan fingerprint density at radius 3 is 2.46 bits per heavy atom. The van der Waals surface area contributed by atoms with Crippen molar-refractivity contribution < 1.29 is 20.1 Å². The number of aliphatic hydroxyl groups excluding tert-OH is 3. The molecule has 0 bridgehead atoms. The van der Waals surface area contributed by atoms with Crippen LogP contribution in [0.4, 0.5) is 0 Å². The molecule has 1 aromatic carbocycles. The highest BCUT2D eigenvalue weighted by molar-refractivity contribution is 5.28. The van der Waals surface area contributed by atoms with E-state index in [1.54, 1.807) is 18.3 Å². The van der Waals surface area contributed by atoms with Gasteiger partial charge in [-0.1, -0.05) is 32.0 Å². The number of benzene rings is 1. The average molecular weight is 383 g/mol. The molecular weight excluding hydrogens is 354 g/mol. The molecular formula is C23H29NO4. The second kappa shape index (κ2) is 11.4. The summed E-state index contributed by atoms with van der Waals surface area (Å²) < 4.78 is 5.32. The van der Waals surface area contributed by atoms with Crippen molar-refractivity contribution in [3.63, 3.8) is 0 Å². The molecule has 3 N–H and O–H groups in total. The third-order valence-electron chi connectivity index (χ3n) is 4.39. The van der Waals surface area contributed by atoms with Crippen molar-refractivity contribution in [2.45, 2.75) is 38.9 Å². The van der Waals surface area contributed by atoms with E-state index in [2.05, 4.69) is 24.6 Å². The molecule has 0 saturated carbocycles. The van der Waals surface area contributed by atoms with Gasteiger partial charge in [0, 0.05) is 19.0 Å². The summed E-state index contributed by atoms with van der Waals surface area (Å²) >= 11 is 0. The monoisotopic (exact) mass is 383 g/mol. The Kier molecular flexibility index (Phi) is 8.92. The first-order valence-electron chi connectivity index (χ1n) is 9.55. The Balaban J connectivity index is 2.00. The smallest absolute Gasteiger partial charge is 0.119 e. The fraction of sp³-hybridized carbons (Fsp3) is 0.391. The molecule has 0 spiro atoms. The molecule has 0 unspecified atom stereocenters. The molecule has 2 aromatic rings. The van der Waals surface area contributed by atoms with E-state index >= 15 is 0 Å². The molecule has 1 heterocycles. The maximum absolute atomic E-state index is 10.4. The summed E-state index contributed by atoms with van der Waals surface area (Å²) in [5.41, 5.74) is 5.67. The lowest BCUT2D eigenvalue weighted by atomic mass is 9.96. The first-order valence-corrected chi connectivity index (χ1v) is 9.55. The Bertz CT molecular complexity index is 765. The van der Waals surface area contributed by atoms with Gasteiger partial charge in [-0.25, -0.2) is 0 Å². The summed E-state index contributed by atoms with van der Waals surface area (Å²) in [5, 5.41) is 29.6. The molecule has 0 radical (unpaired) electrons. The van der Waals surface area contributed by atoms with Crippen LogP contribution in [0.25, 0.3) is 0 Å². The first kappa shape index (κ1) is 21.9. The van der Waals surface area contributed by atoms with E-state index in [0.29, 0.717) is 24.3 Å². The molecule has 2 atom stereocenters. The standard InChI is InChI=1S/C23H29NO4/c1-17(2)19(16-23(27)21-7-3-4-13-24-21)6-5-8-22(26)18-9-11-20(12-10-18)28-15-14-25/h3-5,7,9-13,17,22-23,25-27H,8,14-16H2,1-2H3/t6?,22-,23-/m0/s1. The minimum Gasteiger partial charge on any atom is -0.491 e. The minimum absolute atomic E-state index is 0.0330. The highest BCUT2D eigenvalue weighted by Gasteiger charge is 2.13. The summed E-state index contributed by atoms with van der Waals surface area (Å²) in [6.45, 7) is 4.33. The summed E-state index contributed by atoms with van der Waals surface area (Å²) in [6, 6.07) is 12.7. The molecule has 1 aromatic heterocycles. The fourth-order valence-corrected chi connectivity index (χ4v) is 2.73. The summed E-state index contributed by atoms with van der Waals surface area (Å²) in [4.78, 5) is 4.20. The van der Waals surface area contributed by atoms with Crippen LogP contribution in [-0.2, 0) is 0 Å². The summed E-state index contributed by atoms with van der Waals surface area (Å²) in [7, 11) is 0. The van der Waals surface area contributed by atoms with Crippen LogP contribution in [0.2, 0.25) is 0 Å². The van der Waals surface area contributed by atoms with Crippen LogP contribution in [0, 0.1) is 5.92 Å². The zero-order valence-electron chi connectivity index (χ0n) is 16.5. The van der Waals surface area contributed by atoms with Crippen molar-refractivity contribution in [1.82, 2.24) is 4.98 Å². The number of rotatable bonds is 10. The number of hydrogen-bond donors (Lipinski definition) is 3. The van der Waals surface area contributed by atoms with Gasteiger partial charge in [0.1, 0.15) is 18.5 Å². The SMILES string of the molecule is CC(C)C(=C=CC[C@H](O)c1ccc(OCCO)cc1)C[C@H](O)c1ccccn1. The molecule has 0 aliphatic heterocycles.